The monoisotopic (exact) mass is 431 g/mol. The van der Waals surface area contributed by atoms with Gasteiger partial charge in [-0.25, -0.2) is 0 Å². The third-order valence-corrected chi connectivity index (χ3v) is 4.56. The summed E-state index contributed by atoms with van der Waals surface area (Å²) in [7, 11) is 0. The highest BCUT2D eigenvalue weighted by Gasteiger charge is 2.11. The number of carbonyl (C=O) groups is 2. The van der Waals surface area contributed by atoms with Gasteiger partial charge in [-0.1, -0.05) is 51.8 Å². The van der Waals surface area contributed by atoms with E-state index in [0.29, 0.717) is 16.3 Å². The highest BCUT2D eigenvalue weighted by Crippen LogP contribution is 2.24. The molecule has 0 aromatic heterocycles. The van der Waals surface area contributed by atoms with Gasteiger partial charge in [0.25, 0.3) is 5.91 Å². The van der Waals surface area contributed by atoms with E-state index in [0.717, 1.165) is 15.2 Å². The van der Waals surface area contributed by atoms with E-state index in [1.807, 2.05) is 30.3 Å². The van der Waals surface area contributed by atoms with Gasteiger partial charge in [-0.3, -0.25) is 9.59 Å². The molecule has 26 heavy (non-hydrogen) atoms. The minimum Gasteiger partial charge on any atom is -0.426 e. The summed E-state index contributed by atoms with van der Waals surface area (Å²) < 4.78 is 6.33. The number of hydrogen-bond donors (Lipinski definition) is 1. The van der Waals surface area contributed by atoms with Gasteiger partial charge < -0.3 is 10.1 Å². The first kappa shape index (κ1) is 18.4. The summed E-state index contributed by atoms with van der Waals surface area (Å²) in [4.78, 5) is 24.0. The van der Waals surface area contributed by atoms with Crippen LogP contribution in [0.3, 0.4) is 0 Å². The van der Waals surface area contributed by atoms with Crippen LogP contribution in [-0.4, -0.2) is 18.4 Å². The SMILES string of the molecule is O=C(CCNC(=O)c1ccccc1Cl)Oc1ccc2cc(Br)ccc2c1. The number of fused-ring (bicyclic) bond motifs is 1. The Labute approximate surface area is 164 Å². The van der Waals surface area contributed by atoms with Gasteiger partial charge in [0.1, 0.15) is 5.75 Å². The third kappa shape index (κ3) is 4.62. The van der Waals surface area contributed by atoms with E-state index in [1.54, 1.807) is 30.3 Å². The van der Waals surface area contributed by atoms with Gasteiger partial charge in [-0.05, 0) is 47.2 Å². The van der Waals surface area contributed by atoms with Crippen molar-refractivity contribution in [3.05, 3.63) is 75.7 Å². The lowest BCUT2D eigenvalue weighted by molar-refractivity contribution is -0.134. The van der Waals surface area contributed by atoms with Crippen LogP contribution in [0.15, 0.2) is 65.1 Å². The average molecular weight is 433 g/mol. The smallest absolute Gasteiger partial charge is 0.312 e. The summed E-state index contributed by atoms with van der Waals surface area (Å²) in [6.45, 7) is 0.170. The molecule has 3 aromatic rings. The van der Waals surface area contributed by atoms with Gasteiger partial charge in [0.15, 0.2) is 0 Å². The molecule has 3 aromatic carbocycles. The topological polar surface area (TPSA) is 55.4 Å². The summed E-state index contributed by atoms with van der Waals surface area (Å²) >= 11 is 9.39. The maximum Gasteiger partial charge on any atom is 0.312 e. The zero-order chi connectivity index (χ0) is 18.5. The Morgan fingerprint density at radius 2 is 1.73 bits per heavy atom. The molecule has 0 unspecified atom stereocenters. The van der Waals surface area contributed by atoms with E-state index < -0.39 is 5.97 Å². The Hall–Kier alpha value is -2.37. The molecule has 0 radical (unpaired) electrons. The third-order valence-electron chi connectivity index (χ3n) is 3.74. The normalized spacial score (nSPS) is 10.5. The lowest BCUT2D eigenvalue weighted by Gasteiger charge is -2.08. The standard InChI is InChI=1S/C20H15BrClNO3/c21-15-7-5-14-12-16(8-6-13(14)11-15)26-19(24)9-10-23-20(25)17-3-1-2-4-18(17)22/h1-8,11-12H,9-10H2,(H,23,25). The Morgan fingerprint density at radius 3 is 2.54 bits per heavy atom. The van der Waals surface area contributed by atoms with E-state index in [2.05, 4.69) is 21.2 Å². The number of rotatable bonds is 5. The molecule has 0 spiro atoms. The van der Waals surface area contributed by atoms with E-state index in [4.69, 9.17) is 16.3 Å². The molecular weight excluding hydrogens is 418 g/mol. The minimum absolute atomic E-state index is 0.0641. The Morgan fingerprint density at radius 1 is 1.00 bits per heavy atom. The van der Waals surface area contributed by atoms with Crippen LogP contribution in [0.4, 0.5) is 0 Å². The Kier molecular flexibility index (Phi) is 5.91. The Bertz CT molecular complexity index is 974. The predicted octanol–water partition coefficient (Wildman–Crippen LogP) is 4.98. The van der Waals surface area contributed by atoms with Gasteiger partial charge in [-0.2, -0.15) is 0 Å². The number of amides is 1. The van der Waals surface area contributed by atoms with Crippen molar-refractivity contribution >= 4 is 50.2 Å². The van der Waals surface area contributed by atoms with Crippen molar-refractivity contribution in [3.8, 4) is 5.75 Å². The molecule has 0 bridgehead atoms. The zero-order valence-electron chi connectivity index (χ0n) is 13.7. The highest BCUT2D eigenvalue weighted by molar-refractivity contribution is 9.10. The van der Waals surface area contributed by atoms with Crippen molar-refractivity contribution < 1.29 is 14.3 Å². The number of hydrogen-bond acceptors (Lipinski definition) is 3. The van der Waals surface area contributed by atoms with Gasteiger partial charge in [0.05, 0.1) is 17.0 Å². The average Bonchev–Trinajstić information content (AvgIpc) is 2.62. The molecule has 4 nitrogen and oxygen atoms in total. The lowest BCUT2D eigenvalue weighted by atomic mass is 10.1. The van der Waals surface area contributed by atoms with Crippen molar-refractivity contribution in [2.75, 3.05) is 6.54 Å². The molecule has 0 aliphatic rings. The second kappa shape index (κ2) is 8.34. The van der Waals surface area contributed by atoms with Crippen LogP contribution in [0, 0.1) is 0 Å². The van der Waals surface area contributed by atoms with Crippen LogP contribution in [0.5, 0.6) is 5.75 Å². The molecule has 6 heteroatoms. The number of esters is 1. The van der Waals surface area contributed by atoms with Crippen molar-refractivity contribution in [1.29, 1.82) is 0 Å². The molecule has 1 amide bonds. The van der Waals surface area contributed by atoms with Crippen molar-refractivity contribution in [2.45, 2.75) is 6.42 Å². The van der Waals surface area contributed by atoms with Gasteiger partial charge in [-0.15, -0.1) is 0 Å². The molecule has 1 N–H and O–H groups in total. The summed E-state index contributed by atoms with van der Waals surface area (Å²) in [6, 6.07) is 18.1. The molecule has 0 heterocycles. The molecular formula is C20H15BrClNO3. The predicted molar refractivity (Wildman–Crippen MR) is 106 cm³/mol. The molecule has 0 aliphatic heterocycles. The number of ether oxygens (including phenoxy) is 1. The molecule has 3 rings (SSSR count). The number of halogens is 2. The van der Waals surface area contributed by atoms with Crippen molar-refractivity contribution in [1.82, 2.24) is 5.32 Å². The van der Waals surface area contributed by atoms with E-state index in [1.165, 1.54) is 0 Å². The highest BCUT2D eigenvalue weighted by atomic mass is 79.9. The Balaban J connectivity index is 1.53. The first-order chi connectivity index (χ1) is 12.5. The fraction of sp³-hybridized carbons (Fsp3) is 0.100. The fourth-order valence-corrected chi connectivity index (χ4v) is 3.06. The molecule has 0 atom stereocenters. The van der Waals surface area contributed by atoms with Gasteiger partial charge >= 0.3 is 5.97 Å². The van der Waals surface area contributed by atoms with Crippen LogP contribution in [0.25, 0.3) is 10.8 Å². The molecule has 132 valence electrons. The summed E-state index contributed by atoms with van der Waals surface area (Å²) in [5.41, 5.74) is 0.378. The van der Waals surface area contributed by atoms with Crippen LogP contribution >= 0.6 is 27.5 Å². The molecule has 0 saturated carbocycles. The second-order valence-corrected chi connectivity index (χ2v) is 6.94. The fourth-order valence-electron chi connectivity index (χ4n) is 2.46. The molecule has 0 aliphatic carbocycles. The number of benzene rings is 3. The van der Waals surface area contributed by atoms with E-state index in [9.17, 15) is 9.59 Å². The number of carbonyl (C=O) groups excluding carboxylic acids is 2. The maximum atomic E-state index is 12.0. The lowest BCUT2D eigenvalue weighted by Crippen LogP contribution is -2.27. The quantitative estimate of drug-likeness (QED) is 0.457. The zero-order valence-corrected chi connectivity index (χ0v) is 16.0. The van der Waals surface area contributed by atoms with E-state index >= 15 is 0 Å². The molecule has 0 saturated heterocycles. The molecule has 0 fully saturated rings. The van der Waals surface area contributed by atoms with Crippen LogP contribution in [0.2, 0.25) is 5.02 Å². The van der Waals surface area contributed by atoms with Gasteiger partial charge in [0, 0.05) is 11.0 Å². The largest absolute Gasteiger partial charge is 0.426 e. The van der Waals surface area contributed by atoms with Crippen LogP contribution in [-0.2, 0) is 4.79 Å². The first-order valence-electron chi connectivity index (χ1n) is 7.95. The summed E-state index contributed by atoms with van der Waals surface area (Å²) in [6.07, 6.45) is 0.0641. The summed E-state index contributed by atoms with van der Waals surface area (Å²) in [5, 5.41) is 5.06. The van der Waals surface area contributed by atoms with Crippen molar-refractivity contribution in [3.63, 3.8) is 0 Å². The first-order valence-corrected chi connectivity index (χ1v) is 9.13. The maximum absolute atomic E-state index is 12.0. The van der Waals surface area contributed by atoms with Crippen molar-refractivity contribution in [2.24, 2.45) is 0 Å². The number of nitrogens with one attached hydrogen (secondary N) is 1. The summed E-state index contributed by atoms with van der Waals surface area (Å²) in [5.74, 6) is -0.261. The van der Waals surface area contributed by atoms with Gasteiger partial charge in [0.2, 0.25) is 0 Å². The van der Waals surface area contributed by atoms with Crippen LogP contribution in [0.1, 0.15) is 16.8 Å². The van der Waals surface area contributed by atoms with Crippen LogP contribution < -0.4 is 10.1 Å². The van der Waals surface area contributed by atoms with E-state index in [-0.39, 0.29) is 18.9 Å². The second-order valence-electron chi connectivity index (χ2n) is 5.61. The minimum atomic E-state index is -0.416.